The van der Waals surface area contributed by atoms with E-state index >= 15 is 0 Å². The van der Waals surface area contributed by atoms with E-state index < -0.39 is 5.92 Å². The van der Waals surface area contributed by atoms with Crippen LogP contribution in [0, 0.1) is 31.1 Å². The van der Waals surface area contributed by atoms with Gasteiger partial charge in [0.15, 0.2) is 0 Å². The van der Waals surface area contributed by atoms with Gasteiger partial charge < -0.3 is 14.6 Å². The first-order valence-electron chi connectivity index (χ1n) is 7.60. The standard InChI is InChI=1S/C17H17N3O3S/c1-10-11(2)24-17(14(10)7-18)19-16(22)12-6-15(21)20(8-12)9-13-4-3-5-23-13/h3-5,12H,6,8-9H2,1-2H3,(H,19,22)/t12-/m0/s1. The van der Waals surface area contributed by atoms with Gasteiger partial charge in [-0.3, -0.25) is 9.59 Å². The van der Waals surface area contributed by atoms with Gasteiger partial charge in [0.2, 0.25) is 11.8 Å². The predicted molar refractivity (Wildman–Crippen MR) is 89.4 cm³/mol. The highest BCUT2D eigenvalue weighted by atomic mass is 32.1. The Morgan fingerprint density at radius 2 is 2.33 bits per heavy atom. The predicted octanol–water partition coefficient (Wildman–Crippen LogP) is 2.82. The molecule has 2 amide bonds. The molecular formula is C17H17N3O3S. The molecule has 1 aliphatic rings. The molecule has 0 aromatic carbocycles. The zero-order valence-electron chi connectivity index (χ0n) is 13.5. The van der Waals surface area contributed by atoms with Crippen LogP contribution in [-0.2, 0) is 16.1 Å². The lowest BCUT2D eigenvalue weighted by atomic mass is 10.1. The van der Waals surface area contributed by atoms with Crippen molar-refractivity contribution in [3.05, 3.63) is 40.2 Å². The largest absolute Gasteiger partial charge is 0.467 e. The molecule has 124 valence electrons. The minimum absolute atomic E-state index is 0.0643. The Morgan fingerprint density at radius 3 is 3.00 bits per heavy atom. The highest BCUT2D eigenvalue weighted by Gasteiger charge is 2.35. The van der Waals surface area contributed by atoms with Crippen LogP contribution in [0.5, 0.6) is 0 Å². The molecule has 3 heterocycles. The number of furan rings is 1. The maximum Gasteiger partial charge on any atom is 0.230 e. The Labute approximate surface area is 143 Å². The molecule has 1 atom stereocenters. The summed E-state index contributed by atoms with van der Waals surface area (Å²) in [6, 6.07) is 5.71. The summed E-state index contributed by atoms with van der Waals surface area (Å²) in [7, 11) is 0. The quantitative estimate of drug-likeness (QED) is 0.925. The summed E-state index contributed by atoms with van der Waals surface area (Å²) in [5.41, 5.74) is 1.39. The van der Waals surface area contributed by atoms with E-state index in [-0.39, 0.29) is 18.2 Å². The van der Waals surface area contributed by atoms with Gasteiger partial charge in [-0.1, -0.05) is 0 Å². The fourth-order valence-corrected chi connectivity index (χ4v) is 3.77. The Hall–Kier alpha value is -2.59. The fraction of sp³-hybridized carbons (Fsp3) is 0.353. The number of likely N-dealkylation sites (tertiary alicyclic amines) is 1. The smallest absolute Gasteiger partial charge is 0.230 e. The number of carbonyl (C=O) groups excluding carboxylic acids is 2. The van der Waals surface area contributed by atoms with Crippen LogP contribution in [0.25, 0.3) is 0 Å². The fourth-order valence-electron chi connectivity index (χ4n) is 2.75. The van der Waals surface area contributed by atoms with E-state index in [9.17, 15) is 14.9 Å². The number of amides is 2. The Balaban J connectivity index is 1.67. The van der Waals surface area contributed by atoms with Crippen LogP contribution >= 0.6 is 11.3 Å². The van der Waals surface area contributed by atoms with Gasteiger partial charge in [-0.2, -0.15) is 5.26 Å². The maximum atomic E-state index is 12.5. The Bertz CT molecular complexity index is 817. The van der Waals surface area contributed by atoms with Gasteiger partial charge in [0.1, 0.15) is 16.8 Å². The van der Waals surface area contributed by atoms with E-state index in [0.717, 1.165) is 10.4 Å². The molecule has 1 fully saturated rings. The molecular weight excluding hydrogens is 326 g/mol. The van der Waals surface area contributed by atoms with Gasteiger partial charge in [-0.15, -0.1) is 11.3 Å². The summed E-state index contributed by atoms with van der Waals surface area (Å²) in [5, 5.41) is 12.6. The number of nitriles is 1. The number of hydrogen-bond acceptors (Lipinski definition) is 5. The molecule has 7 heteroatoms. The normalized spacial score (nSPS) is 17.1. The molecule has 1 aliphatic heterocycles. The summed E-state index contributed by atoms with van der Waals surface area (Å²) in [6.07, 6.45) is 1.74. The SMILES string of the molecule is Cc1sc(NC(=O)[C@H]2CC(=O)N(Cc3ccco3)C2)c(C#N)c1C. The highest BCUT2D eigenvalue weighted by molar-refractivity contribution is 7.16. The number of rotatable bonds is 4. The van der Waals surface area contributed by atoms with Gasteiger partial charge in [-0.05, 0) is 31.5 Å². The van der Waals surface area contributed by atoms with E-state index in [0.29, 0.717) is 29.4 Å². The van der Waals surface area contributed by atoms with Gasteiger partial charge >= 0.3 is 0 Å². The number of anilines is 1. The van der Waals surface area contributed by atoms with Gasteiger partial charge in [0, 0.05) is 17.8 Å². The molecule has 0 spiro atoms. The average molecular weight is 343 g/mol. The first-order chi connectivity index (χ1) is 11.5. The lowest BCUT2D eigenvalue weighted by molar-refractivity contribution is -0.128. The van der Waals surface area contributed by atoms with Crippen LogP contribution in [0.2, 0.25) is 0 Å². The zero-order valence-corrected chi connectivity index (χ0v) is 14.3. The third-order valence-electron chi connectivity index (χ3n) is 4.25. The third kappa shape index (κ3) is 3.05. The number of hydrogen-bond donors (Lipinski definition) is 1. The Kier molecular flexibility index (Phi) is 4.40. The van der Waals surface area contributed by atoms with E-state index in [4.69, 9.17) is 4.42 Å². The Morgan fingerprint density at radius 1 is 1.54 bits per heavy atom. The van der Waals surface area contributed by atoms with Crippen molar-refractivity contribution in [1.82, 2.24) is 4.90 Å². The van der Waals surface area contributed by atoms with E-state index in [1.54, 1.807) is 23.3 Å². The minimum Gasteiger partial charge on any atom is -0.467 e. The number of carbonyl (C=O) groups is 2. The van der Waals surface area contributed by atoms with Crippen LogP contribution in [0.4, 0.5) is 5.00 Å². The molecule has 2 aromatic heterocycles. The average Bonchev–Trinajstić information content (AvgIpc) is 3.23. The van der Waals surface area contributed by atoms with Crippen LogP contribution in [0.15, 0.2) is 22.8 Å². The van der Waals surface area contributed by atoms with Crippen LogP contribution < -0.4 is 5.32 Å². The minimum atomic E-state index is -0.415. The number of nitrogens with zero attached hydrogens (tertiary/aromatic N) is 2. The summed E-state index contributed by atoms with van der Waals surface area (Å²) < 4.78 is 5.25. The molecule has 0 radical (unpaired) electrons. The van der Waals surface area contributed by atoms with Crippen LogP contribution in [-0.4, -0.2) is 23.3 Å². The molecule has 0 aliphatic carbocycles. The third-order valence-corrected chi connectivity index (χ3v) is 5.37. The maximum absolute atomic E-state index is 12.5. The molecule has 6 nitrogen and oxygen atoms in total. The first-order valence-corrected chi connectivity index (χ1v) is 8.42. The number of aryl methyl sites for hydroxylation is 1. The topological polar surface area (TPSA) is 86.3 Å². The van der Waals surface area contributed by atoms with Crippen molar-refractivity contribution in [2.45, 2.75) is 26.8 Å². The second kappa shape index (κ2) is 6.49. The zero-order chi connectivity index (χ0) is 17.3. The van der Waals surface area contributed by atoms with Gasteiger partial charge in [0.25, 0.3) is 0 Å². The molecule has 3 rings (SSSR count). The van der Waals surface area contributed by atoms with Crippen molar-refractivity contribution in [2.24, 2.45) is 5.92 Å². The van der Waals surface area contributed by atoms with Gasteiger partial charge in [0.05, 0.1) is 24.3 Å². The van der Waals surface area contributed by atoms with Crippen LogP contribution in [0.1, 0.15) is 28.2 Å². The molecule has 0 bridgehead atoms. The molecule has 2 aromatic rings. The number of nitrogens with one attached hydrogen (secondary N) is 1. The molecule has 1 saturated heterocycles. The van der Waals surface area contributed by atoms with Gasteiger partial charge in [-0.25, -0.2) is 0 Å². The summed E-state index contributed by atoms with van der Waals surface area (Å²) in [6.45, 7) is 4.51. The molecule has 1 N–H and O–H groups in total. The van der Waals surface area contributed by atoms with E-state index in [1.165, 1.54) is 11.3 Å². The molecule has 0 unspecified atom stereocenters. The lowest BCUT2D eigenvalue weighted by Gasteiger charge is -2.14. The van der Waals surface area contributed by atoms with Crippen molar-refractivity contribution in [2.75, 3.05) is 11.9 Å². The van der Waals surface area contributed by atoms with Crippen molar-refractivity contribution in [1.29, 1.82) is 5.26 Å². The second-order valence-electron chi connectivity index (χ2n) is 5.84. The molecule has 24 heavy (non-hydrogen) atoms. The summed E-state index contributed by atoms with van der Waals surface area (Å²) in [5.74, 6) is -0.00367. The first kappa shape index (κ1) is 16.3. The molecule has 0 saturated carbocycles. The highest BCUT2D eigenvalue weighted by Crippen LogP contribution is 2.32. The van der Waals surface area contributed by atoms with Crippen LogP contribution in [0.3, 0.4) is 0 Å². The van der Waals surface area contributed by atoms with E-state index in [2.05, 4.69) is 11.4 Å². The summed E-state index contributed by atoms with van der Waals surface area (Å²) >= 11 is 1.39. The van der Waals surface area contributed by atoms with Crippen molar-refractivity contribution >= 4 is 28.2 Å². The lowest BCUT2D eigenvalue weighted by Crippen LogP contribution is -2.27. The monoisotopic (exact) mass is 343 g/mol. The van der Waals surface area contributed by atoms with Crippen molar-refractivity contribution in [3.63, 3.8) is 0 Å². The summed E-state index contributed by atoms with van der Waals surface area (Å²) in [4.78, 5) is 27.2. The van der Waals surface area contributed by atoms with Crippen molar-refractivity contribution < 1.29 is 14.0 Å². The van der Waals surface area contributed by atoms with Crippen molar-refractivity contribution in [3.8, 4) is 6.07 Å². The second-order valence-corrected chi connectivity index (χ2v) is 7.07. The van der Waals surface area contributed by atoms with E-state index in [1.807, 2.05) is 13.8 Å². The number of thiophene rings is 1.